The molecule has 1 saturated heterocycles. The van der Waals surface area contributed by atoms with Gasteiger partial charge in [0.15, 0.2) is 0 Å². The average molecular weight is 334 g/mol. The number of nitrogens with zero attached hydrogens (tertiary/aromatic N) is 2. The van der Waals surface area contributed by atoms with E-state index in [1.54, 1.807) is 12.3 Å². The summed E-state index contributed by atoms with van der Waals surface area (Å²) in [4.78, 5) is 20.4. The highest BCUT2D eigenvalue weighted by molar-refractivity contribution is 6.32. The number of ether oxygens (including phenoxy) is 2. The van der Waals surface area contributed by atoms with Crippen LogP contribution < -0.4 is 10.1 Å². The lowest BCUT2D eigenvalue weighted by molar-refractivity contribution is 0.0949. The topological polar surface area (TPSA) is 73.3 Å². The second-order valence-corrected chi connectivity index (χ2v) is 5.53. The van der Waals surface area contributed by atoms with Crippen molar-refractivity contribution in [3.8, 4) is 5.88 Å². The first-order valence-corrected chi connectivity index (χ1v) is 7.68. The van der Waals surface area contributed by atoms with E-state index in [1.807, 2.05) is 18.2 Å². The SMILES string of the molecule is O=C(NCc1ccccn1)c1cnc(O[C@H]2CCOC2)c(Cl)c1. The molecule has 6 nitrogen and oxygen atoms in total. The van der Waals surface area contributed by atoms with E-state index >= 15 is 0 Å². The van der Waals surface area contributed by atoms with Gasteiger partial charge in [0.2, 0.25) is 5.88 Å². The highest BCUT2D eigenvalue weighted by atomic mass is 35.5. The van der Waals surface area contributed by atoms with Crippen molar-refractivity contribution in [2.45, 2.75) is 19.1 Å². The summed E-state index contributed by atoms with van der Waals surface area (Å²) in [5, 5.41) is 3.08. The smallest absolute Gasteiger partial charge is 0.253 e. The molecule has 2 aromatic rings. The number of rotatable bonds is 5. The van der Waals surface area contributed by atoms with Gasteiger partial charge in [0.05, 0.1) is 31.0 Å². The fraction of sp³-hybridized carbons (Fsp3) is 0.312. The van der Waals surface area contributed by atoms with Crippen LogP contribution in [0, 0.1) is 0 Å². The van der Waals surface area contributed by atoms with Crippen LogP contribution in [-0.4, -0.2) is 35.2 Å². The van der Waals surface area contributed by atoms with Gasteiger partial charge in [-0.25, -0.2) is 4.98 Å². The largest absolute Gasteiger partial charge is 0.471 e. The van der Waals surface area contributed by atoms with Crippen molar-refractivity contribution < 1.29 is 14.3 Å². The second-order valence-electron chi connectivity index (χ2n) is 5.12. The number of carbonyl (C=O) groups is 1. The Morgan fingerprint density at radius 1 is 1.43 bits per heavy atom. The van der Waals surface area contributed by atoms with Crippen molar-refractivity contribution in [3.05, 3.63) is 52.9 Å². The first kappa shape index (κ1) is 15.7. The maximum atomic E-state index is 12.1. The van der Waals surface area contributed by atoms with E-state index in [2.05, 4.69) is 15.3 Å². The van der Waals surface area contributed by atoms with Crippen molar-refractivity contribution in [1.29, 1.82) is 0 Å². The Bertz CT molecular complexity index is 676. The third-order valence-electron chi connectivity index (χ3n) is 3.39. The minimum absolute atomic E-state index is 0.0381. The Kier molecular flexibility index (Phi) is 5.05. The lowest BCUT2D eigenvalue weighted by Gasteiger charge is -2.12. The predicted molar refractivity (Wildman–Crippen MR) is 84.5 cm³/mol. The molecule has 1 amide bonds. The quantitative estimate of drug-likeness (QED) is 0.908. The Balaban J connectivity index is 1.61. The Hall–Kier alpha value is -2.18. The van der Waals surface area contributed by atoms with Gasteiger partial charge in [0.1, 0.15) is 11.1 Å². The Morgan fingerprint density at radius 2 is 2.35 bits per heavy atom. The third-order valence-corrected chi connectivity index (χ3v) is 3.66. The Labute approximate surface area is 138 Å². The molecule has 3 heterocycles. The van der Waals surface area contributed by atoms with Gasteiger partial charge in [0.25, 0.3) is 5.91 Å². The molecule has 0 saturated carbocycles. The van der Waals surface area contributed by atoms with Gasteiger partial charge in [0, 0.05) is 18.8 Å². The number of nitrogens with one attached hydrogen (secondary N) is 1. The first-order chi connectivity index (χ1) is 11.2. The van der Waals surface area contributed by atoms with E-state index in [1.165, 1.54) is 6.20 Å². The highest BCUT2D eigenvalue weighted by Crippen LogP contribution is 2.25. The van der Waals surface area contributed by atoms with E-state index in [4.69, 9.17) is 21.1 Å². The summed E-state index contributed by atoms with van der Waals surface area (Å²) in [5.74, 6) is 0.0595. The minimum Gasteiger partial charge on any atom is -0.471 e. The van der Waals surface area contributed by atoms with Crippen LogP contribution in [0.5, 0.6) is 5.88 Å². The normalized spacial score (nSPS) is 17.0. The molecular formula is C16H16ClN3O3. The number of carbonyl (C=O) groups excluding carboxylic acids is 1. The highest BCUT2D eigenvalue weighted by Gasteiger charge is 2.20. The number of hydrogen-bond acceptors (Lipinski definition) is 5. The van der Waals surface area contributed by atoms with Crippen LogP contribution in [0.15, 0.2) is 36.7 Å². The molecule has 3 rings (SSSR count). The summed E-state index contributed by atoms with van der Waals surface area (Å²) in [7, 11) is 0. The zero-order valence-electron chi connectivity index (χ0n) is 12.4. The van der Waals surface area contributed by atoms with Gasteiger partial charge < -0.3 is 14.8 Å². The molecule has 0 spiro atoms. The standard InChI is InChI=1S/C16H16ClN3O3/c17-14-7-11(8-20-16(14)23-13-4-6-22-10-13)15(21)19-9-12-3-1-2-5-18-12/h1-3,5,7-8,13H,4,6,9-10H2,(H,19,21)/t13-/m0/s1. The first-order valence-electron chi connectivity index (χ1n) is 7.30. The fourth-order valence-electron chi connectivity index (χ4n) is 2.18. The van der Waals surface area contributed by atoms with Gasteiger partial charge in [-0.3, -0.25) is 9.78 Å². The van der Waals surface area contributed by atoms with E-state index in [-0.39, 0.29) is 12.0 Å². The molecule has 1 atom stereocenters. The number of amides is 1. The van der Waals surface area contributed by atoms with Crippen molar-refractivity contribution >= 4 is 17.5 Å². The molecule has 0 aromatic carbocycles. The van der Waals surface area contributed by atoms with E-state index in [0.29, 0.717) is 36.2 Å². The number of halogens is 1. The molecular weight excluding hydrogens is 318 g/mol. The van der Waals surface area contributed by atoms with Gasteiger partial charge in [-0.1, -0.05) is 17.7 Å². The van der Waals surface area contributed by atoms with Crippen LogP contribution in [0.1, 0.15) is 22.5 Å². The summed E-state index contributed by atoms with van der Waals surface area (Å²) < 4.78 is 10.9. The monoisotopic (exact) mass is 333 g/mol. The van der Waals surface area contributed by atoms with Crippen molar-refractivity contribution in [2.24, 2.45) is 0 Å². The molecule has 1 fully saturated rings. The minimum atomic E-state index is -0.263. The van der Waals surface area contributed by atoms with Crippen LogP contribution in [0.4, 0.5) is 0 Å². The summed E-state index contributed by atoms with van der Waals surface area (Å²) >= 11 is 6.15. The predicted octanol–water partition coefficient (Wildman–Crippen LogP) is 2.23. The summed E-state index contributed by atoms with van der Waals surface area (Å²) in [6.07, 6.45) is 3.90. The van der Waals surface area contributed by atoms with E-state index < -0.39 is 0 Å². The Morgan fingerprint density at radius 3 is 3.04 bits per heavy atom. The third kappa shape index (κ3) is 4.18. The molecule has 2 aromatic heterocycles. The van der Waals surface area contributed by atoms with Gasteiger partial charge >= 0.3 is 0 Å². The lowest BCUT2D eigenvalue weighted by Crippen LogP contribution is -2.23. The number of pyridine rings is 2. The lowest BCUT2D eigenvalue weighted by atomic mass is 10.2. The van der Waals surface area contributed by atoms with Crippen LogP contribution in [0.2, 0.25) is 5.02 Å². The van der Waals surface area contributed by atoms with Crippen LogP contribution >= 0.6 is 11.6 Å². The number of aromatic nitrogens is 2. The van der Waals surface area contributed by atoms with E-state index in [0.717, 1.165) is 12.1 Å². The van der Waals surface area contributed by atoms with Crippen LogP contribution in [0.25, 0.3) is 0 Å². The molecule has 23 heavy (non-hydrogen) atoms. The molecule has 120 valence electrons. The molecule has 1 aliphatic rings. The molecule has 0 bridgehead atoms. The average Bonchev–Trinajstić information content (AvgIpc) is 3.08. The van der Waals surface area contributed by atoms with Gasteiger partial charge in [-0.05, 0) is 18.2 Å². The summed E-state index contributed by atoms with van der Waals surface area (Å²) in [6.45, 7) is 1.55. The maximum absolute atomic E-state index is 12.1. The molecule has 1 N–H and O–H groups in total. The van der Waals surface area contributed by atoms with Crippen LogP contribution in [0.3, 0.4) is 0 Å². The van der Waals surface area contributed by atoms with Crippen LogP contribution in [-0.2, 0) is 11.3 Å². The molecule has 1 aliphatic heterocycles. The molecule has 7 heteroatoms. The zero-order chi connectivity index (χ0) is 16.1. The van der Waals surface area contributed by atoms with E-state index in [9.17, 15) is 4.79 Å². The molecule has 0 aliphatic carbocycles. The second kappa shape index (κ2) is 7.39. The number of hydrogen-bond donors (Lipinski definition) is 1. The summed E-state index contributed by atoms with van der Waals surface area (Å²) in [5.41, 5.74) is 1.15. The van der Waals surface area contributed by atoms with Crippen molar-refractivity contribution in [2.75, 3.05) is 13.2 Å². The van der Waals surface area contributed by atoms with Crippen molar-refractivity contribution in [3.63, 3.8) is 0 Å². The van der Waals surface area contributed by atoms with Crippen molar-refractivity contribution in [1.82, 2.24) is 15.3 Å². The van der Waals surface area contributed by atoms with Gasteiger partial charge in [-0.15, -0.1) is 0 Å². The molecule has 0 unspecified atom stereocenters. The fourth-order valence-corrected chi connectivity index (χ4v) is 2.39. The van der Waals surface area contributed by atoms with Gasteiger partial charge in [-0.2, -0.15) is 0 Å². The zero-order valence-corrected chi connectivity index (χ0v) is 13.1. The maximum Gasteiger partial charge on any atom is 0.253 e. The summed E-state index contributed by atoms with van der Waals surface area (Å²) in [6, 6.07) is 7.08. The molecule has 0 radical (unpaired) electrons.